The number of fused-ring (bicyclic) bond motifs is 2. The molecule has 1 aromatic heterocycles. The second kappa shape index (κ2) is 9.11. The summed E-state index contributed by atoms with van der Waals surface area (Å²) in [4.78, 5) is 27.5. The molecule has 5 rings (SSSR count). The smallest absolute Gasteiger partial charge is 0.330 e. The summed E-state index contributed by atoms with van der Waals surface area (Å²) in [7, 11) is 5.73. The molecule has 2 aliphatic heterocycles. The van der Waals surface area contributed by atoms with Gasteiger partial charge in [-0.25, -0.2) is 9.78 Å². The molecule has 3 aromatic rings. The number of anilines is 4. The Hall–Kier alpha value is -3.37. The number of nitrogens with one attached hydrogen (secondary N) is 1. The third-order valence-electron chi connectivity index (χ3n) is 5.64. The Bertz CT molecular complexity index is 1240. The minimum Gasteiger partial charge on any atom is -0.486 e. The second-order valence-electron chi connectivity index (χ2n) is 8.52. The van der Waals surface area contributed by atoms with Gasteiger partial charge in [-0.3, -0.25) is 9.80 Å². The highest BCUT2D eigenvalue weighted by Crippen LogP contribution is 2.36. The van der Waals surface area contributed by atoms with Crippen molar-refractivity contribution in [3.05, 3.63) is 58.7 Å². The summed E-state index contributed by atoms with van der Waals surface area (Å²) in [5.41, 5.74) is 2.43. The molecule has 1 N–H and O–H groups in total. The molecule has 34 heavy (non-hydrogen) atoms. The highest BCUT2D eigenvalue weighted by molar-refractivity contribution is 9.10. The number of para-hydroxylation sites is 1. The zero-order chi connectivity index (χ0) is 23.8. The fraction of sp³-hybridized carbons (Fsp3) is 0.292. The minimum atomic E-state index is -0.157. The number of hydrogen-bond acceptors (Lipinski definition) is 7. The number of nitrogens with zero attached hydrogens (tertiary/aromatic N) is 5. The SMILES string of the molecule is CN(C)CC1COc2cc(Nc3ncc4c(n3)N(C)C(=O)N(c3ccccc3Br)C4)ccc2O1. The van der Waals surface area contributed by atoms with Crippen LogP contribution in [0.4, 0.5) is 27.9 Å². The molecule has 0 radical (unpaired) electrons. The summed E-state index contributed by atoms with van der Waals surface area (Å²) >= 11 is 3.53. The summed E-state index contributed by atoms with van der Waals surface area (Å²) < 4.78 is 12.8. The number of ether oxygens (including phenoxy) is 2. The lowest BCUT2D eigenvalue weighted by Gasteiger charge is -2.34. The molecule has 1 atom stereocenters. The van der Waals surface area contributed by atoms with Crippen molar-refractivity contribution in [1.29, 1.82) is 0 Å². The van der Waals surface area contributed by atoms with Crippen molar-refractivity contribution in [2.45, 2.75) is 12.6 Å². The maximum absolute atomic E-state index is 13.1. The molecule has 0 aliphatic carbocycles. The van der Waals surface area contributed by atoms with Crippen molar-refractivity contribution in [1.82, 2.24) is 14.9 Å². The van der Waals surface area contributed by atoms with E-state index in [0.717, 1.165) is 28.0 Å². The Balaban J connectivity index is 1.34. The molecule has 3 heterocycles. The quantitative estimate of drug-likeness (QED) is 0.533. The molecule has 9 nitrogen and oxygen atoms in total. The van der Waals surface area contributed by atoms with E-state index in [4.69, 9.17) is 9.47 Å². The summed E-state index contributed by atoms with van der Waals surface area (Å²) in [6.45, 7) is 1.66. The average molecular weight is 525 g/mol. The first-order chi connectivity index (χ1) is 16.4. The first-order valence-electron chi connectivity index (χ1n) is 10.9. The number of rotatable bonds is 5. The molecule has 0 saturated carbocycles. The zero-order valence-corrected chi connectivity index (χ0v) is 20.7. The van der Waals surface area contributed by atoms with Gasteiger partial charge in [-0.15, -0.1) is 0 Å². The summed E-state index contributed by atoms with van der Waals surface area (Å²) in [5.74, 6) is 2.37. The fourth-order valence-corrected chi connectivity index (χ4v) is 4.55. The maximum Gasteiger partial charge on any atom is 0.330 e. The summed E-state index contributed by atoms with van der Waals surface area (Å²) in [6, 6.07) is 13.1. The topological polar surface area (TPSA) is 83.1 Å². The van der Waals surface area contributed by atoms with Crippen LogP contribution in [0, 0.1) is 0 Å². The Labute approximate surface area is 206 Å². The molecule has 0 spiro atoms. The van der Waals surface area contributed by atoms with Gasteiger partial charge in [-0.05, 0) is 54.3 Å². The molecule has 2 amide bonds. The van der Waals surface area contributed by atoms with Crippen molar-refractivity contribution in [3.8, 4) is 11.5 Å². The van der Waals surface area contributed by atoms with Crippen LogP contribution in [-0.2, 0) is 6.54 Å². The summed E-state index contributed by atoms with van der Waals surface area (Å²) in [6.07, 6.45) is 1.75. The van der Waals surface area contributed by atoms with Crippen LogP contribution in [0.2, 0.25) is 0 Å². The van der Waals surface area contributed by atoms with E-state index < -0.39 is 0 Å². The van der Waals surface area contributed by atoms with E-state index in [1.165, 1.54) is 0 Å². The fourth-order valence-electron chi connectivity index (χ4n) is 4.05. The molecular weight excluding hydrogens is 500 g/mol. The van der Waals surface area contributed by atoms with E-state index in [9.17, 15) is 4.79 Å². The number of hydrogen-bond donors (Lipinski definition) is 1. The molecular formula is C24H25BrN6O3. The van der Waals surface area contributed by atoms with E-state index in [-0.39, 0.29) is 12.1 Å². The molecule has 1 unspecified atom stereocenters. The van der Waals surface area contributed by atoms with E-state index in [0.29, 0.717) is 36.4 Å². The third-order valence-corrected chi connectivity index (χ3v) is 6.31. The first kappa shape index (κ1) is 22.4. The molecule has 2 aliphatic rings. The van der Waals surface area contributed by atoms with Gasteiger partial charge >= 0.3 is 6.03 Å². The van der Waals surface area contributed by atoms with Gasteiger partial charge in [0.1, 0.15) is 18.5 Å². The van der Waals surface area contributed by atoms with E-state index in [1.54, 1.807) is 23.0 Å². The van der Waals surface area contributed by atoms with Crippen LogP contribution in [0.5, 0.6) is 11.5 Å². The zero-order valence-electron chi connectivity index (χ0n) is 19.2. The number of aromatic nitrogens is 2. The number of urea groups is 1. The maximum atomic E-state index is 13.1. The van der Waals surface area contributed by atoms with Crippen molar-refractivity contribution in [2.24, 2.45) is 0 Å². The monoisotopic (exact) mass is 524 g/mol. The molecule has 176 valence electrons. The van der Waals surface area contributed by atoms with Gasteiger partial charge in [-0.2, -0.15) is 4.98 Å². The Morgan fingerprint density at radius 3 is 2.82 bits per heavy atom. The molecule has 10 heteroatoms. The lowest BCUT2D eigenvalue weighted by Crippen LogP contribution is -2.46. The van der Waals surface area contributed by atoms with Gasteiger partial charge in [0, 0.05) is 41.6 Å². The van der Waals surface area contributed by atoms with Crippen LogP contribution in [0.3, 0.4) is 0 Å². The van der Waals surface area contributed by atoms with Crippen LogP contribution in [0.25, 0.3) is 0 Å². The van der Waals surface area contributed by atoms with E-state index in [1.807, 2.05) is 56.6 Å². The number of likely N-dealkylation sites (N-methyl/N-ethyl adjacent to an activating group) is 1. The van der Waals surface area contributed by atoms with Gasteiger partial charge in [0.15, 0.2) is 11.5 Å². The van der Waals surface area contributed by atoms with Crippen molar-refractivity contribution >= 4 is 45.1 Å². The predicted molar refractivity (Wildman–Crippen MR) is 134 cm³/mol. The van der Waals surface area contributed by atoms with E-state index >= 15 is 0 Å². The van der Waals surface area contributed by atoms with Crippen molar-refractivity contribution in [3.63, 3.8) is 0 Å². The number of carbonyl (C=O) groups excluding carboxylic acids is 1. The summed E-state index contributed by atoms with van der Waals surface area (Å²) in [5, 5.41) is 3.21. The van der Waals surface area contributed by atoms with Crippen LogP contribution in [0.15, 0.2) is 53.1 Å². The number of benzene rings is 2. The lowest BCUT2D eigenvalue weighted by atomic mass is 10.2. The Morgan fingerprint density at radius 2 is 2.03 bits per heavy atom. The Morgan fingerprint density at radius 1 is 1.21 bits per heavy atom. The normalized spacial score (nSPS) is 17.1. The average Bonchev–Trinajstić information content (AvgIpc) is 2.82. The van der Waals surface area contributed by atoms with Crippen molar-refractivity contribution < 1.29 is 14.3 Å². The van der Waals surface area contributed by atoms with Crippen LogP contribution in [0.1, 0.15) is 5.56 Å². The van der Waals surface area contributed by atoms with Crippen molar-refractivity contribution in [2.75, 3.05) is 49.4 Å². The van der Waals surface area contributed by atoms with Gasteiger partial charge in [0.25, 0.3) is 0 Å². The Kier molecular flexibility index (Phi) is 6.01. The molecule has 0 bridgehead atoms. The second-order valence-corrected chi connectivity index (χ2v) is 9.38. The number of halogens is 1. The highest BCUT2D eigenvalue weighted by atomic mass is 79.9. The van der Waals surface area contributed by atoms with Crippen LogP contribution in [-0.4, -0.2) is 61.3 Å². The third kappa shape index (κ3) is 4.38. The number of carbonyl (C=O) groups is 1. The van der Waals surface area contributed by atoms with Gasteiger partial charge < -0.3 is 19.7 Å². The molecule has 2 aromatic carbocycles. The number of amides is 2. The minimum absolute atomic E-state index is 0.00515. The standard InChI is InChI=1S/C24H25BrN6O3/c1-29(2)13-17-14-33-21-10-16(8-9-20(21)34-17)27-23-26-11-15-12-31(19-7-5-4-6-18(19)25)24(32)30(3)22(15)28-23/h4-11,17H,12-14H2,1-3H3,(H,26,27,28). The molecule has 0 fully saturated rings. The van der Waals surface area contributed by atoms with Crippen LogP contribution < -0.4 is 24.6 Å². The highest BCUT2D eigenvalue weighted by Gasteiger charge is 2.31. The molecule has 0 saturated heterocycles. The lowest BCUT2D eigenvalue weighted by molar-refractivity contribution is 0.0711. The first-order valence-corrected chi connectivity index (χ1v) is 11.7. The van der Waals surface area contributed by atoms with Gasteiger partial charge in [0.05, 0.1) is 12.2 Å². The van der Waals surface area contributed by atoms with Crippen LogP contribution >= 0.6 is 15.9 Å². The van der Waals surface area contributed by atoms with Gasteiger partial charge in [-0.1, -0.05) is 12.1 Å². The van der Waals surface area contributed by atoms with E-state index in [2.05, 4.69) is 36.1 Å². The van der Waals surface area contributed by atoms with Gasteiger partial charge in [0.2, 0.25) is 5.95 Å². The largest absolute Gasteiger partial charge is 0.486 e. The predicted octanol–water partition coefficient (Wildman–Crippen LogP) is 4.26.